The van der Waals surface area contributed by atoms with Crippen LogP contribution >= 0.6 is 0 Å². The first kappa shape index (κ1) is 12.4. The Hall–Kier alpha value is -2.03. The van der Waals surface area contributed by atoms with Crippen molar-refractivity contribution >= 4 is 5.69 Å². The third kappa shape index (κ3) is 3.77. The molecule has 0 atom stereocenters. The van der Waals surface area contributed by atoms with Crippen molar-refractivity contribution in [3.8, 4) is 5.75 Å². The summed E-state index contributed by atoms with van der Waals surface area (Å²) in [7, 11) is 0. The molecule has 94 valence electrons. The van der Waals surface area contributed by atoms with Crippen molar-refractivity contribution in [2.45, 2.75) is 12.8 Å². The minimum atomic E-state index is -0.246. The zero-order chi connectivity index (χ0) is 12.8. The first-order valence-electron chi connectivity index (χ1n) is 5.97. The van der Waals surface area contributed by atoms with E-state index in [1.165, 1.54) is 17.7 Å². The van der Waals surface area contributed by atoms with Crippen molar-refractivity contribution in [3.63, 3.8) is 0 Å². The number of ether oxygens (including phenoxy) is 1. The van der Waals surface area contributed by atoms with E-state index in [4.69, 9.17) is 10.5 Å². The number of nitrogens with two attached hydrogens (primary N) is 1. The average molecular weight is 245 g/mol. The van der Waals surface area contributed by atoms with E-state index in [1.807, 2.05) is 24.3 Å². The van der Waals surface area contributed by atoms with Crippen LogP contribution in [0, 0.1) is 5.82 Å². The van der Waals surface area contributed by atoms with Gasteiger partial charge in [0.25, 0.3) is 0 Å². The highest BCUT2D eigenvalue weighted by molar-refractivity contribution is 5.39. The molecule has 0 saturated heterocycles. The van der Waals surface area contributed by atoms with Gasteiger partial charge in [-0.2, -0.15) is 0 Å². The van der Waals surface area contributed by atoms with E-state index in [0.29, 0.717) is 12.4 Å². The standard InChI is InChI=1S/C15H16FNO/c16-13-5-9-15(10-6-13)18-11-1-2-12-3-7-14(17)8-4-12/h3-10H,1-2,11,17H2. The van der Waals surface area contributed by atoms with Gasteiger partial charge in [0.15, 0.2) is 0 Å². The molecule has 0 bridgehead atoms. The van der Waals surface area contributed by atoms with Gasteiger partial charge >= 0.3 is 0 Å². The van der Waals surface area contributed by atoms with E-state index in [1.54, 1.807) is 12.1 Å². The summed E-state index contributed by atoms with van der Waals surface area (Å²) in [5.41, 5.74) is 7.64. The van der Waals surface area contributed by atoms with Crippen molar-refractivity contribution in [2.75, 3.05) is 12.3 Å². The molecule has 0 spiro atoms. The lowest BCUT2D eigenvalue weighted by molar-refractivity contribution is 0.310. The molecule has 0 aliphatic heterocycles. The van der Waals surface area contributed by atoms with Crippen LogP contribution in [0.25, 0.3) is 0 Å². The Labute approximate surface area is 106 Å². The fourth-order valence-corrected chi connectivity index (χ4v) is 1.68. The van der Waals surface area contributed by atoms with Gasteiger partial charge in [0.2, 0.25) is 0 Å². The van der Waals surface area contributed by atoms with Crippen molar-refractivity contribution in [3.05, 3.63) is 59.9 Å². The molecule has 2 aromatic rings. The molecule has 0 aliphatic carbocycles. The van der Waals surface area contributed by atoms with Crippen molar-refractivity contribution < 1.29 is 9.13 Å². The van der Waals surface area contributed by atoms with Crippen molar-refractivity contribution in [1.29, 1.82) is 0 Å². The van der Waals surface area contributed by atoms with Crippen LogP contribution in [-0.2, 0) is 6.42 Å². The number of anilines is 1. The predicted molar refractivity (Wildman–Crippen MR) is 71.1 cm³/mol. The molecule has 0 saturated carbocycles. The lowest BCUT2D eigenvalue weighted by Crippen LogP contribution is -1.99. The van der Waals surface area contributed by atoms with Crippen LogP contribution in [0.5, 0.6) is 5.75 Å². The lowest BCUT2D eigenvalue weighted by Gasteiger charge is -2.06. The minimum absolute atomic E-state index is 0.246. The molecule has 2 nitrogen and oxygen atoms in total. The van der Waals surface area contributed by atoms with Crippen molar-refractivity contribution in [2.24, 2.45) is 0 Å². The Morgan fingerprint density at radius 1 is 0.944 bits per heavy atom. The molecule has 0 amide bonds. The van der Waals surface area contributed by atoms with Gasteiger partial charge in [-0.05, 0) is 54.8 Å². The van der Waals surface area contributed by atoms with Gasteiger partial charge in [-0.1, -0.05) is 12.1 Å². The second-order valence-electron chi connectivity index (χ2n) is 4.15. The third-order valence-corrected chi connectivity index (χ3v) is 2.67. The van der Waals surface area contributed by atoms with Gasteiger partial charge in [-0.15, -0.1) is 0 Å². The highest BCUT2D eigenvalue weighted by Crippen LogP contribution is 2.12. The van der Waals surface area contributed by atoms with Crippen LogP contribution in [0.3, 0.4) is 0 Å². The molecule has 2 rings (SSSR count). The first-order chi connectivity index (χ1) is 8.74. The molecule has 0 fully saturated rings. The molecule has 2 N–H and O–H groups in total. The largest absolute Gasteiger partial charge is 0.494 e. The Morgan fingerprint density at radius 2 is 1.61 bits per heavy atom. The van der Waals surface area contributed by atoms with E-state index in [2.05, 4.69) is 0 Å². The maximum Gasteiger partial charge on any atom is 0.123 e. The van der Waals surface area contributed by atoms with Gasteiger partial charge in [-0.3, -0.25) is 0 Å². The molecule has 18 heavy (non-hydrogen) atoms. The topological polar surface area (TPSA) is 35.2 Å². The summed E-state index contributed by atoms with van der Waals surface area (Å²) in [5, 5.41) is 0. The highest BCUT2D eigenvalue weighted by Gasteiger charge is 1.96. The summed E-state index contributed by atoms with van der Waals surface area (Å²) >= 11 is 0. The fourth-order valence-electron chi connectivity index (χ4n) is 1.68. The predicted octanol–water partition coefficient (Wildman–Crippen LogP) is 3.42. The van der Waals surface area contributed by atoms with Crippen LogP contribution in [0.15, 0.2) is 48.5 Å². The molecular weight excluding hydrogens is 229 g/mol. The maximum atomic E-state index is 12.7. The summed E-state index contributed by atoms with van der Waals surface area (Å²) in [6, 6.07) is 13.9. The number of halogens is 1. The minimum Gasteiger partial charge on any atom is -0.494 e. The van der Waals surface area contributed by atoms with E-state index in [-0.39, 0.29) is 5.82 Å². The first-order valence-corrected chi connectivity index (χ1v) is 5.97. The molecule has 0 aliphatic rings. The fraction of sp³-hybridized carbons (Fsp3) is 0.200. The Morgan fingerprint density at radius 3 is 2.28 bits per heavy atom. The monoisotopic (exact) mass is 245 g/mol. The molecular formula is C15H16FNO. The SMILES string of the molecule is Nc1ccc(CCCOc2ccc(F)cc2)cc1. The molecule has 0 radical (unpaired) electrons. The van der Waals surface area contributed by atoms with Gasteiger partial charge in [0.05, 0.1) is 6.61 Å². The summed E-state index contributed by atoms with van der Waals surface area (Å²) < 4.78 is 18.2. The summed E-state index contributed by atoms with van der Waals surface area (Å²) in [5.74, 6) is 0.456. The normalized spacial score (nSPS) is 10.3. The number of benzene rings is 2. The van der Waals surface area contributed by atoms with Gasteiger partial charge in [-0.25, -0.2) is 4.39 Å². The molecule has 2 aromatic carbocycles. The Kier molecular flexibility index (Phi) is 4.18. The van der Waals surface area contributed by atoms with Gasteiger partial charge < -0.3 is 10.5 Å². The number of nitrogen functional groups attached to an aromatic ring is 1. The zero-order valence-corrected chi connectivity index (χ0v) is 10.1. The quantitative estimate of drug-likeness (QED) is 0.647. The van der Waals surface area contributed by atoms with Gasteiger partial charge in [0, 0.05) is 5.69 Å². The van der Waals surface area contributed by atoms with E-state index in [9.17, 15) is 4.39 Å². The van der Waals surface area contributed by atoms with Crippen molar-refractivity contribution in [1.82, 2.24) is 0 Å². The second kappa shape index (κ2) is 6.05. The van der Waals surface area contributed by atoms with Gasteiger partial charge in [0.1, 0.15) is 11.6 Å². The molecule has 0 unspecified atom stereocenters. The van der Waals surface area contributed by atoms with E-state index < -0.39 is 0 Å². The lowest BCUT2D eigenvalue weighted by atomic mass is 10.1. The Balaban J connectivity index is 1.73. The van der Waals surface area contributed by atoms with Crippen LogP contribution in [0.1, 0.15) is 12.0 Å². The van der Waals surface area contributed by atoms with E-state index >= 15 is 0 Å². The van der Waals surface area contributed by atoms with Crippen LogP contribution < -0.4 is 10.5 Å². The highest BCUT2D eigenvalue weighted by atomic mass is 19.1. The number of rotatable bonds is 5. The average Bonchev–Trinajstić information content (AvgIpc) is 2.39. The zero-order valence-electron chi connectivity index (χ0n) is 10.1. The molecule has 0 heterocycles. The van der Waals surface area contributed by atoms with Crippen LogP contribution in [0.4, 0.5) is 10.1 Å². The van der Waals surface area contributed by atoms with Crippen LogP contribution in [0.2, 0.25) is 0 Å². The summed E-state index contributed by atoms with van der Waals surface area (Å²) in [6.45, 7) is 0.621. The number of hydrogen-bond donors (Lipinski definition) is 1. The second-order valence-corrected chi connectivity index (χ2v) is 4.15. The molecule has 0 aromatic heterocycles. The molecule has 3 heteroatoms. The maximum absolute atomic E-state index is 12.7. The number of hydrogen-bond acceptors (Lipinski definition) is 2. The van der Waals surface area contributed by atoms with Crippen LogP contribution in [-0.4, -0.2) is 6.61 Å². The van der Waals surface area contributed by atoms with E-state index in [0.717, 1.165) is 18.5 Å². The summed E-state index contributed by atoms with van der Waals surface area (Å²) in [4.78, 5) is 0. The Bertz CT molecular complexity index is 431. The number of aryl methyl sites for hydroxylation is 1. The smallest absolute Gasteiger partial charge is 0.123 e. The third-order valence-electron chi connectivity index (χ3n) is 2.67. The summed E-state index contributed by atoms with van der Waals surface area (Å²) in [6.07, 6.45) is 1.86.